The molecule has 0 unspecified atom stereocenters. The summed E-state index contributed by atoms with van der Waals surface area (Å²) in [5.41, 5.74) is 2.68. The highest BCUT2D eigenvalue weighted by Gasteiger charge is 2.29. The third-order valence-electron chi connectivity index (χ3n) is 8.39. The smallest absolute Gasteiger partial charge is 0.246 e. The fourth-order valence-electron chi connectivity index (χ4n) is 5.90. The molecule has 3 aliphatic rings. The van der Waals surface area contributed by atoms with Crippen molar-refractivity contribution in [2.75, 3.05) is 74.9 Å². The predicted molar refractivity (Wildman–Crippen MR) is 161 cm³/mol. The van der Waals surface area contributed by atoms with Gasteiger partial charge in [0.1, 0.15) is 11.8 Å². The maximum Gasteiger partial charge on any atom is 0.246 e. The van der Waals surface area contributed by atoms with Gasteiger partial charge in [-0.05, 0) is 56.7 Å². The Hall–Kier alpha value is -3.70. The molecular formula is C30H42N8O3. The number of rotatable bonds is 10. The van der Waals surface area contributed by atoms with Gasteiger partial charge >= 0.3 is 0 Å². The molecule has 0 bridgehead atoms. The molecule has 0 saturated carbocycles. The molecule has 0 spiro atoms. The maximum atomic E-state index is 12.0. The van der Waals surface area contributed by atoms with Crippen LogP contribution in [0.4, 0.5) is 23.0 Å². The van der Waals surface area contributed by atoms with Crippen LogP contribution in [0, 0.1) is 0 Å². The third-order valence-corrected chi connectivity index (χ3v) is 8.39. The van der Waals surface area contributed by atoms with Crippen molar-refractivity contribution in [3.63, 3.8) is 0 Å². The molecule has 3 aliphatic heterocycles. The van der Waals surface area contributed by atoms with Crippen LogP contribution in [-0.4, -0.2) is 109 Å². The van der Waals surface area contributed by atoms with Crippen molar-refractivity contribution >= 4 is 35.3 Å². The van der Waals surface area contributed by atoms with Crippen molar-refractivity contribution in [2.45, 2.75) is 44.8 Å². The molecule has 4 heterocycles. The number of amides is 2. The Labute approximate surface area is 242 Å². The molecule has 2 N–H and O–H groups in total. The van der Waals surface area contributed by atoms with Crippen LogP contribution in [-0.2, 0) is 16.0 Å². The van der Waals surface area contributed by atoms with Gasteiger partial charge in [-0.15, -0.1) is 0 Å². The first-order chi connectivity index (χ1) is 20.0. The average Bonchev–Trinajstić information content (AvgIpc) is 3.47. The molecule has 1 aromatic carbocycles. The Kier molecular flexibility index (Phi) is 9.35. The highest BCUT2D eigenvalue weighted by molar-refractivity contribution is 5.87. The molecule has 11 nitrogen and oxygen atoms in total. The summed E-state index contributed by atoms with van der Waals surface area (Å²) in [6.07, 6.45) is 5.40. The van der Waals surface area contributed by atoms with E-state index in [1.807, 2.05) is 19.1 Å². The molecule has 2 aromatic rings. The summed E-state index contributed by atoms with van der Waals surface area (Å²) in [5.74, 6) is 1.05. The number of nitrogens with one attached hydrogen (secondary N) is 2. The SMILES string of the molecule is C=CC(=O)N1CC[C@@H](Oc2nc(Nc3ccc(N4CCC(N5CCN(C)CC5)CC4)cc3)c(NC=O)nc2CC)C1. The third kappa shape index (κ3) is 6.97. The van der Waals surface area contributed by atoms with Gasteiger partial charge in [0.15, 0.2) is 11.6 Å². The number of likely N-dealkylation sites (tertiary alicyclic amines) is 1. The monoisotopic (exact) mass is 562 g/mol. The maximum absolute atomic E-state index is 12.0. The van der Waals surface area contributed by atoms with E-state index in [-0.39, 0.29) is 12.0 Å². The van der Waals surface area contributed by atoms with E-state index in [0.29, 0.717) is 61.6 Å². The summed E-state index contributed by atoms with van der Waals surface area (Å²) in [7, 11) is 2.20. The molecule has 220 valence electrons. The first kappa shape index (κ1) is 28.8. The van der Waals surface area contributed by atoms with Gasteiger partial charge in [-0.25, -0.2) is 4.98 Å². The molecule has 2 amide bonds. The van der Waals surface area contributed by atoms with E-state index in [9.17, 15) is 9.59 Å². The van der Waals surface area contributed by atoms with Gasteiger partial charge in [-0.3, -0.25) is 14.5 Å². The van der Waals surface area contributed by atoms with Gasteiger partial charge in [0.25, 0.3) is 0 Å². The zero-order valence-electron chi connectivity index (χ0n) is 24.2. The van der Waals surface area contributed by atoms with Gasteiger partial charge in [0, 0.05) is 69.7 Å². The molecule has 41 heavy (non-hydrogen) atoms. The topological polar surface area (TPSA) is 106 Å². The minimum atomic E-state index is -0.184. The Bertz CT molecular complexity index is 1210. The number of benzene rings is 1. The summed E-state index contributed by atoms with van der Waals surface area (Å²) in [5, 5.41) is 5.98. The lowest BCUT2D eigenvalue weighted by Gasteiger charge is -2.42. The average molecular weight is 563 g/mol. The normalized spacial score (nSPS) is 20.6. The molecule has 0 radical (unpaired) electrons. The molecule has 3 saturated heterocycles. The van der Waals surface area contributed by atoms with Crippen LogP contribution in [0.15, 0.2) is 36.9 Å². The number of piperidine rings is 1. The van der Waals surface area contributed by atoms with Gasteiger partial charge in [0.05, 0.1) is 6.54 Å². The minimum Gasteiger partial charge on any atom is -0.471 e. The van der Waals surface area contributed by atoms with Crippen LogP contribution >= 0.6 is 0 Å². The fraction of sp³-hybridized carbons (Fsp3) is 0.533. The van der Waals surface area contributed by atoms with E-state index in [4.69, 9.17) is 9.72 Å². The van der Waals surface area contributed by atoms with E-state index in [0.717, 1.165) is 31.9 Å². The fourth-order valence-corrected chi connectivity index (χ4v) is 5.90. The summed E-state index contributed by atoms with van der Waals surface area (Å²) < 4.78 is 6.22. The van der Waals surface area contributed by atoms with Gasteiger partial charge in [0.2, 0.25) is 18.2 Å². The lowest BCUT2D eigenvalue weighted by atomic mass is 10.0. The summed E-state index contributed by atoms with van der Waals surface area (Å²) in [4.78, 5) is 41.9. The summed E-state index contributed by atoms with van der Waals surface area (Å²) in [6.45, 7) is 13.4. The number of ether oxygens (including phenoxy) is 1. The van der Waals surface area contributed by atoms with Crippen molar-refractivity contribution in [3.05, 3.63) is 42.6 Å². The lowest BCUT2D eigenvalue weighted by Crippen LogP contribution is -2.52. The number of nitrogens with zero attached hydrogens (tertiary/aromatic N) is 6. The van der Waals surface area contributed by atoms with Crippen molar-refractivity contribution in [3.8, 4) is 5.88 Å². The van der Waals surface area contributed by atoms with Crippen LogP contribution in [0.3, 0.4) is 0 Å². The zero-order valence-corrected chi connectivity index (χ0v) is 24.2. The van der Waals surface area contributed by atoms with Crippen LogP contribution in [0.1, 0.15) is 31.9 Å². The van der Waals surface area contributed by atoms with Crippen LogP contribution in [0.2, 0.25) is 0 Å². The Balaban J connectivity index is 1.24. The van der Waals surface area contributed by atoms with E-state index in [1.54, 1.807) is 4.90 Å². The van der Waals surface area contributed by atoms with E-state index in [2.05, 4.69) is 56.1 Å². The number of piperazine rings is 1. The number of carbonyl (C=O) groups is 2. The molecule has 1 aromatic heterocycles. The second-order valence-corrected chi connectivity index (χ2v) is 11.0. The number of hydrogen-bond acceptors (Lipinski definition) is 9. The predicted octanol–water partition coefficient (Wildman–Crippen LogP) is 2.73. The molecule has 3 fully saturated rings. The first-order valence-electron chi connectivity index (χ1n) is 14.7. The van der Waals surface area contributed by atoms with Gasteiger partial charge in [-0.1, -0.05) is 13.5 Å². The number of aryl methyl sites for hydroxylation is 1. The van der Waals surface area contributed by atoms with E-state index < -0.39 is 0 Å². The number of aromatic nitrogens is 2. The van der Waals surface area contributed by atoms with Crippen LogP contribution < -0.4 is 20.3 Å². The van der Waals surface area contributed by atoms with Crippen molar-refractivity contribution < 1.29 is 14.3 Å². The van der Waals surface area contributed by atoms with E-state index in [1.165, 1.54) is 37.7 Å². The largest absolute Gasteiger partial charge is 0.471 e. The number of hydrogen-bond donors (Lipinski definition) is 2. The Morgan fingerprint density at radius 3 is 2.41 bits per heavy atom. The van der Waals surface area contributed by atoms with E-state index >= 15 is 0 Å². The molecular weight excluding hydrogens is 520 g/mol. The van der Waals surface area contributed by atoms with Crippen molar-refractivity contribution in [1.82, 2.24) is 24.7 Å². The highest BCUT2D eigenvalue weighted by Crippen LogP contribution is 2.30. The van der Waals surface area contributed by atoms with Crippen LogP contribution in [0.25, 0.3) is 0 Å². The quantitative estimate of drug-likeness (QED) is 0.334. The van der Waals surface area contributed by atoms with Gasteiger partial charge in [-0.2, -0.15) is 4.98 Å². The van der Waals surface area contributed by atoms with Crippen LogP contribution in [0.5, 0.6) is 5.88 Å². The first-order valence-corrected chi connectivity index (χ1v) is 14.7. The second-order valence-electron chi connectivity index (χ2n) is 11.0. The molecule has 1 atom stereocenters. The molecule has 11 heteroatoms. The minimum absolute atomic E-state index is 0.103. The Morgan fingerprint density at radius 1 is 1.02 bits per heavy atom. The zero-order chi connectivity index (χ0) is 28.8. The highest BCUT2D eigenvalue weighted by atomic mass is 16.5. The standard InChI is InChI=1S/C30H42N8O3/c1-4-26-30(41-25-12-15-38(20-25)27(40)5-2)34-29(28(33-26)31-21-39)32-22-6-8-23(9-7-22)36-13-10-24(11-14-36)37-18-16-35(3)17-19-37/h5-9,21,24-25H,2,4,10-20H2,1,3H3,(H,32,34)(H,31,33,39)/t25-/m1/s1. The molecule has 0 aliphatic carbocycles. The summed E-state index contributed by atoms with van der Waals surface area (Å²) in [6, 6.07) is 8.98. The van der Waals surface area contributed by atoms with Crippen molar-refractivity contribution in [2.24, 2.45) is 0 Å². The number of likely N-dealkylation sites (N-methyl/N-ethyl adjacent to an activating group) is 1. The Morgan fingerprint density at radius 2 is 1.76 bits per heavy atom. The van der Waals surface area contributed by atoms with Crippen molar-refractivity contribution in [1.29, 1.82) is 0 Å². The second kappa shape index (κ2) is 13.3. The summed E-state index contributed by atoms with van der Waals surface area (Å²) >= 11 is 0. The molecule has 5 rings (SSSR count). The lowest BCUT2D eigenvalue weighted by molar-refractivity contribution is -0.125. The number of carbonyl (C=O) groups excluding carboxylic acids is 2. The number of anilines is 4. The van der Waals surface area contributed by atoms with Gasteiger partial charge < -0.3 is 30.1 Å².